The van der Waals surface area contributed by atoms with Gasteiger partial charge in [-0.2, -0.15) is 5.10 Å². The molecule has 0 bridgehead atoms. The maximum Gasteiger partial charge on any atom is 0.258 e. The normalized spacial score (nSPS) is 10.5. The van der Waals surface area contributed by atoms with Crippen LogP contribution in [0.1, 0.15) is 10.4 Å². The lowest BCUT2D eigenvalue weighted by molar-refractivity contribution is 0.102. The van der Waals surface area contributed by atoms with Crippen LogP contribution in [0.15, 0.2) is 60.9 Å². The van der Waals surface area contributed by atoms with E-state index in [9.17, 15) is 13.6 Å². The quantitative estimate of drug-likeness (QED) is 0.805. The van der Waals surface area contributed by atoms with Gasteiger partial charge in [0, 0.05) is 18.0 Å². The third kappa shape index (κ3) is 2.85. The lowest BCUT2D eigenvalue weighted by Crippen LogP contribution is -2.11. The average molecular weight is 299 g/mol. The number of benzene rings is 2. The SMILES string of the molecule is O=C(Nc1ccc(F)c(F)c1)c1cnn(-c2ccccc2)c1. The molecular formula is C16H11F2N3O. The highest BCUT2D eigenvalue weighted by Crippen LogP contribution is 2.15. The minimum atomic E-state index is -1.02. The fourth-order valence-electron chi connectivity index (χ4n) is 1.94. The molecule has 0 unspecified atom stereocenters. The number of hydrogen-bond donors (Lipinski definition) is 1. The van der Waals surface area contributed by atoms with E-state index in [0.717, 1.165) is 17.8 Å². The standard InChI is InChI=1S/C16H11F2N3O/c17-14-7-6-12(8-15(14)18)20-16(22)11-9-19-21(10-11)13-4-2-1-3-5-13/h1-10H,(H,20,22). The number of rotatable bonds is 3. The van der Waals surface area contributed by atoms with E-state index >= 15 is 0 Å². The Morgan fingerprint density at radius 1 is 1.05 bits per heavy atom. The molecule has 1 N–H and O–H groups in total. The monoisotopic (exact) mass is 299 g/mol. The number of hydrogen-bond acceptors (Lipinski definition) is 2. The Hall–Kier alpha value is -3.02. The molecule has 110 valence electrons. The third-order valence-electron chi connectivity index (χ3n) is 3.04. The van der Waals surface area contributed by atoms with Crippen LogP contribution >= 0.6 is 0 Å². The summed E-state index contributed by atoms with van der Waals surface area (Å²) in [6.07, 6.45) is 2.97. The fourth-order valence-corrected chi connectivity index (χ4v) is 1.94. The van der Waals surface area contributed by atoms with E-state index in [1.165, 1.54) is 12.3 Å². The second-order valence-electron chi connectivity index (χ2n) is 4.59. The summed E-state index contributed by atoms with van der Waals surface area (Å²) in [4.78, 5) is 12.1. The van der Waals surface area contributed by atoms with Crippen LogP contribution in [0.5, 0.6) is 0 Å². The van der Waals surface area contributed by atoms with Gasteiger partial charge < -0.3 is 5.32 Å². The summed E-state index contributed by atoms with van der Waals surface area (Å²) < 4.78 is 27.5. The number of halogens is 2. The number of carbonyl (C=O) groups is 1. The maximum atomic E-state index is 13.1. The number of carbonyl (C=O) groups excluding carboxylic acids is 1. The zero-order valence-corrected chi connectivity index (χ0v) is 11.3. The number of aromatic nitrogens is 2. The van der Waals surface area contributed by atoms with E-state index in [1.54, 1.807) is 10.9 Å². The van der Waals surface area contributed by atoms with Crippen molar-refractivity contribution in [3.05, 3.63) is 78.1 Å². The molecular weight excluding hydrogens is 288 g/mol. The summed E-state index contributed by atoms with van der Waals surface area (Å²) in [6.45, 7) is 0. The van der Waals surface area contributed by atoms with Gasteiger partial charge in [0.05, 0.1) is 17.4 Å². The minimum absolute atomic E-state index is 0.177. The molecule has 3 rings (SSSR count). The molecule has 0 saturated carbocycles. The molecule has 1 aromatic heterocycles. The van der Waals surface area contributed by atoms with Crippen molar-refractivity contribution in [3.63, 3.8) is 0 Å². The van der Waals surface area contributed by atoms with Gasteiger partial charge in [-0.05, 0) is 24.3 Å². The summed E-state index contributed by atoms with van der Waals surface area (Å²) in [6, 6.07) is 12.5. The van der Waals surface area contributed by atoms with Gasteiger partial charge >= 0.3 is 0 Å². The molecule has 1 heterocycles. The van der Waals surface area contributed by atoms with Crippen LogP contribution in [-0.4, -0.2) is 15.7 Å². The van der Waals surface area contributed by atoms with Crippen molar-refractivity contribution in [3.8, 4) is 5.69 Å². The van der Waals surface area contributed by atoms with Crippen molar-refractivity contribution in [2.75, 3.05) is 5.32 Å². The van der Waals surface area contributed by atoms with Crippen molar-refractivity contribution in [1.29, 1.82) is 0 Å². The lowest BCUT2D eigenvalue weighted by atomic mass is 10.2. The summed E-state index contributed by atoms with van der Waals surface area (Å²) in [5.74, 6) is -2.43. The highest BCUT2D eigenvalue weighted by molar-refractivity contribution is 6.03. The molecule has 0 aliphatic carbocycles. The van der Waals surface area contributed by atoms with Crippen molar-refractivity contribution >= 4 is 11.6 Å². The molecule has 0 radical (unpaired) electrons. The van der Waals surface area contributed by atoms with Crippen LogP contribution in [0.3, 0.4) is 0 Å². The first kappa shape index (κ1) is 13.9. The molecule has 0 aliphatic rings. The Morgan fingerprint density at radius 3 is 2.55 bits per heavy atom. The first-order valence-electron chi connectivity index (χ1n) is 6.50. The number of nitrogens with zero attached hydrogens (tertiary/aromatic N) is 2. The van der Waals surface area contributed by atoms with Crippen LogP contribution in [-0.2, 0) is 0 Å². The Bertz CT molecular complexity index is 815. The van der Waals surface area contributed by atoms with E-state index in [-0.39, 0.29) is 5.69 Å². The average Bonchev–Trinajstić information content (AvgIpc) is 3.02. The van der Waals surface area contributed by atoms with Crippen LogP contribution in [0, 0.1) is 11.6 Å². The molecule has 0 spiro atoms. The van der Waals surface area contributed by atoms with Gasteiger partial charge in [-0.3, -0.25) is 4.79 Å². The second-order valence-corrected chi connectivity index (χ2v) is 4.59. The lowest BCUT2D eigenvalue weighted by Gasteiger charge is -2.04. The Balaban J connectivity index is 1.78. The van der Waals surface area contributed by atoms with Gasteiger partial charge in [0.15, 0.2) is 11.6 Å². The number of amides is 1. The number of nitrogens with one attached hydrogen (secondary N) is 1. The van der Waals surface area contributed by atoms with Crippen LogP contribution in [0.4, 0.5) is 14.5 Å². The van der Waals surface area contributed by atoms with Crippen molar-refractivity contribution in [2.45, 2.75) is 0 Å². The predicted molar refractivity (Wildman–Crippen MR) is 77.9 cm³/mol. The molecule has 1 amide bonds. The maximum absolute atomic E-state index is 13.1. The minimum Gasteiger partial charge on any atom is -0.322 e. The third-order valence-corrected chi connectivity index (χ3v) is 3.04. The van der Waals surface area contributed by atoms with Gasteiger partial charge in [0.2, 0.25) is 0 Å². The molecule has 2 aromatic carbocycles. The Morgan fingerprint density at radius 2 is 1.82 bits per heavy atom. The number of anilines is 1. The van der Waals surface area contributed by atoms with Gasteiger partial charge in [-0.25, -0.2) is 13.5 Å². The predicted octanol–water partition coefficient (Wildman–Crippen LogP) is 3.40. The van der Waals surface area contributed by atoms with E-state index < -0.39 is 17.5 Å². The fraction of sp³-hybridized carbons (Fsp3) is 0. The Kier molecular flexibility index (Phi) is 3.65. The van der Waals surface area contributed by atoms with E-state index in [0.29, 0.717) is 5.56 Å². The molecule has 0 fully saturated rings. The smallest absolute Gasteiger partial charge is 0.258 e. The highest BCUT2D eigenvalue weighted by Gasteiger charge is 2.11. The van der Waals surface area contributed by atoms with Crippen LogP contribution < -0.4 is 5.32 Å². The zero-order valence-electron chi connectivity index (χ0n) is 11.3. The summed E-state index contributed by atoms with van der Waals surface area (Å²) in [5.41, 5.74) is 1.30. The van der Waals surface area contributed by atoms with E-state index in [2.05, 4.69) is 10.4 Å². The molecule has 3 aromatic rings. The zero-order chi connectivity index (χ0) is 15.5. The molecule has 0 saturated heterocycles. The van der Waals surface area contributed by atoms with E-state index in [1.807, 2.05) is 30.3 Å². The second kappa shape index (κ2) is 5.77. The largest absolute Gasteiger partial charge is 0.322 e. The van der Waals surface area contributed by atoms with Crippen molar-refractivity contribution in [2.24, 2.45) is 0 Å². The van der Waals surface area contributed by atoms with Crippen molar-refractivity contribution in [1.82, 2.24) is 9.78 Å². The van der Waals surface area contributed by atoms with Crippen LogP contribution in [0.2, 0.25) is 0 Å². The first-order chi connectivity index (χ1) is 10.6. The summed E-state index contributed by atoms with van der Waals surface area (Å²) >= 11 is 0. The molecule has 0 aliphatic heterocycles. The van der Waals surface area contributed by atoms with Gasteiger partial charge in [0.25, 0.3) is 5.91 Å². The first-order valence-corrected chi connectivity index (χ1v) is 6.50. The van der Waals surface area contributed by atoms with Crippen LogP contribution in [0.25, 0.3) is 5.69 Å². The Labute approximate surface area is 125 Å². The van der Waals surface area contributed by atoms with Gasteiger partial charge in [-0.1, -0.05) is 18.2 Å². The van der Waals surface area contributed by atoms with E-state index in [4.69, 9.17) is 0 Å². The highest BCUT2D eigenvalue weighted by atomic mass is 19.2. The van der Waals surface area contributed by atoms with Crippen molar-refractivity contribution < 1.29 is 13.6 Å². The molecule has 4 nitrogen and oxygen atoms in total. The summed E-state index contributed by atoms with van der Waals surface area (Å²) in [7, 11) is 0. The number of para-hydroxylation sites is 1. The molecule has 6 heteroatoms. The molecule has 0 atom stereocenters. The topological polar surface area (TPSA) is 46.9 Å². The van der Waals surface area contributed by atoms with Gasteiger partial charge in [-0.15, -0.1) is 0 Å². The molecule has 22 heavy (non-hydrogen) atoms. The summed E-state index contributed by atoms with van der Waals surface area (Å²) in [5, 5.41) is 6.59. The van der Waals surface area contributed by atoms with Gasteiger partial charge in [0.1, 0.15) is 0 Å².